The molecular weight excluding hydrogens is 312 g/mol. The largest absolute Gasteiger partial charge is 0.328 e. The van der Waals surface area contributed by atoms with Crippen molar-refractivity contribution >= 4 is 27.5 Å². The second kappa shape index (κ2) is 6.38. The van der Waals surface area contributed by atoms with Crippen LogP contribution in [-0.2, 0) is 6.54 Å². The van der Waals surface area contributed by atoms with E-state index < -0.39 is 0 Å². The number of nitrogens with two attached hydrogens (primary N) is 1. The van der Waals surface area contributed by atoms with Crippen LogP contribution in [0, 0.1) is 5.92 Å². The number of hydrogen-bond acceptors (Lipinski definition) is 2. The lowest BCUT2D eigenvalue weighted by atomic mass is 9.92. The molecule has 0 aromatic heterocycles. The van der Waals surface area contributed by atoms with Gasteiger partial charge in [-0.1, -0.05) is 17.7 Å². The monoisotopic (exact) mass is 330 g/mol. The second-order valence-corrected chi connectivity index (χ2v) is 6.51. The molecule has 2 N–H and O–H groups in total. The third-order valence-electron chi connectivity index (χ3n) is 3.68. The van der Waals surface area contributed by atoms with Crippen LogP contribution in [0.1, 0.15) is 25.3 Å². The van der Waals surface area contributed by atoms with Crippen LogP contribution < -0.4 is 5.73 Å². The maximum absolute atomic E-state index is 6.02. The highest BCUT2D eigenvalue weighted by atomic mass is 79.9. The number of benzene rings is 1. The summed E-state index contributed by atoms with van der Waals surface area (Å²) >= 11 is 9.49. The molecular formula is C14H20BrClN2. The Kier molecular flexibility index (Phi) is 5.07. The summed E-state index contributed by atoms with van der Waals surface area (Å²) in [7, 11) is 0. The number of likely N-dealkylation sites (tertiary alicyclic amines) is 1. The fourth-order valence-corrected chi connectivity index (χ4v) is 3.10. The fourth-order valence-electron chi connectivity index (χ4n) is 2.56. The lowest BCUT2D eigenvalue weighted by Crippen LogP contribution is -2.41. The molecule has 1 aliphatic heterocycles. The number of halogens is 2. The van der Waals surface area contributed by atoms with Gasteiger partial charge in [0.1, 0.15) is 0 Å². The van der Waals surface area contributed by atoms with Crippen molar-refractivity contribution < 1.29 is 0 Å². The van der Waals surface area contributed by atoms with E-state index in [-0.39, 0.29) is 0 Å². The summed E-state index contributed by atoms with van der Waals surface area (Å²) in [5, 5.41) is 0.769. The molecule has 2 atom stereocenters. The Hall–Kier alpha value is -0.0900. The Morgan fingerprint density at radius 3 is 3.00 bits per heavy atom. The van der Waals surface area contributed by atoms with Gasteiger partial charge in [-0.15, -0.1) is 0 Å². The maximum Gasteiger partial charge on any atom is 0.0548 e. The highest BCUT2D eigenvalue weighted by Gasteiger charge is 2.22. The summed E-state index contributed by atoms with van der Waals surface area (Å²) in [4.78, 5) is 2.49. The molecule has 1 aromatic carbocycles. The minimum Gasteiger partial charge on any atom is -0.328 e. The van der Waals surface area contributed by atoms with Gasteiger partial charge >= 0.3 is 0 Å². The quantitative estimate of drug-likeness (QED) is 0.916. The Balaban J connectivity index is 1.98. The van der Waals surface area contributed by atoms with Crippen molar-refractivity contribution in [3.05, 3.63) is 33.3 Å². The van der Waals surface area contributed by atoms with Crippen LogP contribution in [0.25, 0.3) is 0 Å². The van der Waals surface area contributed by atoms with Crippen LogP contribution in [0.3, 0.4) is 0 Å². The fraction of sp³-hybridized carbons (Fsp3) is 0.571. The molecule has 0 amide bonds. The van der Waals surface area contributed by atoms with Crippen molar-refractivity contribution in [2.75, 3.05) is 13.1 Å². The van der Waals surface area contributed by atoms with Gasteiger partial charge < -0.3 is 5.73 Å². The zero-order valence-corrected chi connectivity index (χ0v) is 13.0. The van der Waals surface area contributed by atoms with Gasteiger partial charge in [0.25, 0.3) is 0 Å². The van der Waals surface area contributed by atoms with Gasteiger partial charge in [-0.25, -0.2) is 0 Å². The summed E-state index contributed by atoms with van der Waals surface area (Å²) in [6.45, 7) is 5.38. The van der Waals surface area contributed by atoms with Crippen molar-refractivity contribution in [1.82, 2.24) is 4.90 Å². The third kappa shape index (κ3) is 3.70. The molecule has 100 valence electrons. The zero-order valence-electron chi connectivity index (χ0n) is 10.7. The number of piperidine rings is 1. The van der Waals surface area contributed by atoms with E-state index >= 15 is 0 Å². The summed E-state index contributed by atoms with van der Waals surface area (Å²) in [5.41, 5.74) is 7.32. The first kappa shape index (κ1) is 14.3. The summed E-state index contributed by atoms with van der Waals surface area (Å²) in [6.07, 6.45) is 2.51. The average molecular weight is 332 g/mol. The van der Waals surface area contributed by atoms with E-state index in [1.165, 1.54) is 24.9 Å². The lowest BCUT2D eigenvalue weighted by molar-refractivity contribution is 0.154. The smallest absolute Gasteiger partial charge is 0.0548 e. The SMILES string of the molecule is CC(N)C1CCCN(Cc2ccc(Cl)c(Br)c2)C1. The van der Waals surface area contributed by atoms with Crippen LogP contribution in [0.4, 0.5) is 0 Å². The predicted octanol–water partition coefficient (Wildman–Crippen LogP) is 3.66. The first-order valence-corrected chi connectivity index (χ1v) is 7.65. The standard InChI is InChI=1S/C14H20BrClN2/c1-10(17)12-3-2-6-18(9-12)8-11-4-5-14(16)13(15)7-11/h4-5,7,10,12H,2-3,6,8-9,17H2,1H3. The van der Waals surface area contributed by atoms with Gasteiger partial charge in [0.05, 0.1) is 5.02 Å². The van der Waals surface area contributed by atoms with Gasteiger partial charge in [0.2, 0.25) is 0 Å². The van der Waals surface area contributed by atoms with Crippen LogP contribution in [0.15, 0.2) is 22.7 Å². The highest BCUT2D eigenvalue weighted by molar-refractivity contribution is 9.10. The first-order valence-electron chi connectivity index (χ1n) is 6.48. The Morgan fingerprint density at radius 2 is 2.33 bits per heavy atom. The zero-order chi connectivity index (χ0) is 13.1. The third-order valence-corrected chi connectivity index (χ3v) is 4.89. The number of rotatable bonds is 3. The average Bonchev–Trinajstić information content (AvgIpc) is 2.34. The Morgan fingerprint density at radius 1 is 1.56 bits per heavy atom. The van der Waals surface area contributed by atoms with Crippen molar-refractivity contribution in [3.8, 4) is 0 Å². The molecule has 4 heteroatoms. The Bertz CT molecular complexity index is 409. The van der Waals surface area contributed by atoms with Crippen LogP contribution >= 0.6 is 27.5 Å². The van der Waals surface area contributed by atoms with E-state index in [2.05, 4.69) is 39.9 Å². The molecule has 2 unspecified atom stereocenters. The molecule has 0 radical (unpaired) electrons. The number of nitrogens with zero attached hydrogens (tertiary/aromatic N) is 1. The first-order chi connectivity index (χ1) is 8.56. The number of hydrogen-bond donors (Lipinski definition) is 1. The molecule has 1 saturated heterocycles. The molecule has 1 fully saturated rings. The lowest BCUT2D eigenvalue weighted by Gasteiger charge is -2.34. The van der Waals surface area contributed by atoms with Gasteiger partial charge in [-0.3, -0.25) is 4.90 Å². The second-order valence-electron chi connectivity index (χ2n) is 5.25. The van der Waals surface area contributed by atoms with Gasteiger partial charge in [0, 0.05) is 23.6 Å². The van der Waals surface area contributed by atoms with E-state index in [0.29, 0.717) is 12.0 Å². The normalized spacial score (nSPS) is 23.0. The predicted molar refractivity (Wildman–Crippen MR) is 80.8 cm³/mol. The van der Waals surface area contributed by atoms with Crippen molar-refractivity contribution in [2.24, 2.45) is 11.7 Å². The highest BCUT2D eigenvalue weighted by Crippen LogP contribution is 2.25. The van der Waals surface area contributed by atoms with E-state index in [9.17, 15) is 0 Å². The Labute approximate surface area is 123 Å². The van der Waals surface area contributed by atoms with Crippen molar-refractivity contribution in [1.29, 1.82) is 0 Å². The minimum atomic E-state index is 0.296. The molecule has 0 bridgehead atoms. The van der Waals surface area contributed by atoms with E-state index in [0.717, 1.165) is 22.6 Å². The molecule has 2 nitrogen and oxygen atoms in total. The molecule has 0 spiro atoms. The van der Waals surface area contributed by atoms with Gasteiger partial charge in [-0.05, 0) is 65.9 Å². The van der Waals surface area contributed by atoms with E-state index in [4.69, 9.17) is 17.3 Å². The summed E-state index contributed by atoms with van der Waals surface area (Å²) in [6, 6.07) is 6.46. The van der Waals surface area contributed by atoms with E-state index in [1.54, 1.807) is 0 Å². The summed E-state index contributed by atoms with van der Waals surface area (Å²) < 4.78 is 0.974. The van der Waals surface area contributed by atoms with Crippen molar-refractivity contribution in [2.45, 2.75) is 32.4 Å². The van der Waals surface area contributed by atoms with Crippen LogP contribution in [-0.4, -0.2) is 24.0 Å². The minimum absolute atomic E-state index is 0.296. The van der Waals surface area contributed by atoms with Gasteiger partial charge in [0.15, 0.2) is 0 Å². The topological polar surface area (TPSA) is 29.3 Å². The summed E-state index contributed by atoms with van der Waals surface area (Å²) in [5.74, 6) is 0.634. The van der Waals surface area contributed by atoms with Crippen LogP contribution in [0.5, 0.6) is 0 Å². The molecule has 0 saturated carbocycles. The molecule has 1 aromatic rings. The van der Waals surface area contributed by atoms with Crippen molar-refractivity contribution in [3.63, 3.8) is 0 Å². The van der Waals surface area contributed by atoms with Crippen LogP contribution in [0.2, 0.25) is 5.02 Å². The molecule has 1 heterocycles. The molecule has 2 rings (SSSR count). The molecule has 18 heavy (non-hydrogen) atoms. The molecule has 1 aliphatic rings. The maximum atomic E-state index is 6.02. The van der Waals surface area contributed by atoms with E-state index in [1.807, 2.05) is 6.07 Å². The molecule has 0 aliphatic carbocycles. The van der Waals surface area contributed by atoms with Gasteiger partial charge in [-0.2, -0.15) is 0 Å².